The lowest BCUT2D eigenvalue weighted by molar-refractivity contribution is 1.41. The summed E-state index contributed by atoms with van der Waals surface area (Å²) in [6.45, 7) is 0. The van der Waals surface area contributed by atoms with Crippen LogP contribution < -0.4 is 0 Å². The third-order valence-electron chi connectivity index (χ3n) is 5.57. The van der Waals surface area contributed by atoms with Gasteiger partial charge in [-0.1, -0.05) is 109 Å². The molecule has 5 aromatic rings. The number of hydrogen-bond acceptors (Lipinski definition) is 2. The molecule has 0 bridgehead atoms. The summed E-state index contributed by atoms with van der Waals surface area (Å²) in [4.78, 5) is 8.83. The molecule has 0 spiro atoms. The van der Waals surface area contributed by atoms with E-state index >= 15 is 0 Å². The third kappa shape index (κ3) is 5.43. The van der Waals surface area contributed by atoms with Crippen molar-refractivity contribution >= 4 is 46.1 Å². The average molecular weight is 437 g/mol. The van der Waals surface area contributed by atoms with E-state index in [1.54, 1.807) is 0 Å². The van der Waals surface area contributed by atoms with Crippen molar-refractivity contribution in [1.29, 1.82) is 0 Å². The van der Waals surface area contributed by atoms with E-state index in [4.69, 9.17) is 0 Å². The van der Waals surface area contributed by atoms with Gasteiger partial charge >= 0.3 is 0 Å². The van der Waals surface area contributed by atoms with E-state index in [1.807, 2.05) is 24.5 Å². The van der Waals surface area contributed by atoms with Gasteiger partial charge in [0.15, 0.2) is 0 Å². The Morgan fingerprint density at radius 3 is 1.24 bits per heavy atom. The molecule has 0 aliphatic rings. The SMILES string of the molecule is C(C=Cc1ccc2cccnc2c1)=Cc1ccc(C=CC=Cc2ccc3cccnc3c2)cc1. The van der Waals surface area contributed by atoms with Gasteiger partial charge in [0.1, 0.15) is 0 Å². The smallest absolute Gasteiger partial charge is 0.0707 e. The van der Waals surface area contributed by atoms with E-state index in [1.165, 1.54) is 11.1 Å². The molecule has 3 aromatic carbocycles. The van der Waals surface area contributed by atoms with E-state index in [9.17, 15) is 0 Å². The average Bonchev–Trinajstić information content (AvgIpc) is 2.90. The van der Waals surface area contributed by atoms with Crippen molar-refractivity contribution in [2.24, 2.45) is 0 Å². The maximum Gasteiger partial charge on any atom is 0.0707 e. The second-order valence-corrected chi connectivity index (χ2v) is 8.01. The van der Waals surface area contributed by atoms with Crippen LogP contribution >= 0.6 is 0 Å². The molecule has 0 saturated heterocycles. The Morgan fingerprint density at radius 2 is 0.794 bits per heavy atom. The molecule has 0 N–H and O–H groups in total. The van der Waals surface area contributed by atoms with Crippen LogP contribution in [0.15, 0.2) is 122 Å². The van der Waals surface area contributed by atoms with Crippen LogP contribution in [0.5, 0.6) is 0 Å². The van der Waals surface area contributed by atoms with Gasteiger partial charge in [-0.25, -0.2) is 0 Å². The summed E-state index contributed by atoms with van der Waals surface area (Å²) in [5.41, 5.74) is 6.65. The highest BCUT2D eigenvalue weighted by Gasteiger charge is 1.95. The number of benzene rings is 3. The minimum atomic E-state index is 1.02. The van der Waals surface area contributed by atoms with Crippen molar-refractivity contribution in [1.82, 2.24) is 9.97 Å². The zero-order chi connectivity index (χ0) is 23.0. The number of pyridine rings is 2. The van der Waals surface area contributed by atoms with E-state index < -0.39 is 0 Å². The first-order valence-electron chi connectivity index (χ1n) is 11.3. The predicted octanol–water partition coefficient (Wildman–Crippen LogP) is 8.24. The summed E-state index contributed by atoms with van der Waals surface area (Å²) in [5, 5.41) is 2.32. The van der Waals surface area contributed by atoms with Crippen molar-refractivity contribution in [2.75, 3.05) is 0 Å². The molecule has 0 unspecified atom stereocenters. The Kier molecular flexibility index (Phi) is 6.50. The molecule has 0 amide bonds. The molecular weight excluding hydrogens is 412 g/mol. The highest BCUT2D eigenvalue weighted by molar-refractivity contribution is 5.82. The van der Waals surface area contributed by atoms with Gasteiger partial charge in [-0.15, -0.1) is 0 Å². The second kappa shape index (κ2) is 10.4. The van der Waals surface area contributed by atoms with Crippen molar-refractivity contribution in [3.05, 3.63) is 144 Å². The maximum atomic E-state index is 4.41. The maximum absolute atomic E-state index is 4.41. The Hall–Kier alpha value is -4.56. The van der Waals surface area contributed by atoms with Gasteiger partial charge in [0.05, 0.1) is 11.0 Å². The highest BCUT2D eigenvalue weighted by atomic mass is 14.6. The van der Waals surface area contributed by atoms with Gasteiger partial charge in [-0.05, 0) is 46.5 Å². The van der Waals surface area contributed by atoms with Gasteiger partial charge in [0, 0.05) is 23.2 Å². The van der Waals surface area contributed by atoms with Crippen LogP contribution in [0.25, 0.3) is 46.1 Å². The fourth-order valence-corrected chi connectivity index (χ4v) is 3.76. The molecule has 2 heteroatoms. The first-order valence-corrected chi connectivity index (χ1v) is 11.3. The zero-order valence-electron chi connectivity index (χ0n) is 18.8. The number of nitrogens with zero attached hydrogens (tertiary/aromatic N) is 2. The summed E-state index contributed by atoms with van der Waals surface area (Å²) in [6.07, 6.45) is 20.3. The van der Waals surface area contributed by atoms with Crippen molar-refractivity contribution in [2.45, 2.75) is 0 Å². The Bertz CT molecular complexity index is 1420. The molecule has 0 aliphatic carbocycles. The van der Waals surface area contributed by atoms with Crippen LogP contribution in [0.2, 0.25) is 0 Å². The molecular formula is C32H24N2. The minimum absolute atomic E-state index is 1.02. The van der Waals surface area contributed by atoms with Crippen molar-refractivity contribution in [3.8, 4) is 0 Å². The molecule has 0 radical (unpaired) electrons. The Balaban J connectivity index is 1.17. The molecule has 0 fully saturated rings. The number of aromatic nitrogens is 2. The zero-order valence-corrected chi connectivity index (χ0v) is 18.8. The standard InChI is InChI=1S/C32H24N2/c1(3-9-27-17-19-29-11-5-21-33-31(29)23-27)7-25-13-15-26(16-14-25)8-2-4-10-28-18-20-30-12-6-22-34-32(30)24-28/h1-24H. The van der Waals surface area contributed by atoms with E-state index in [0.29, 0.717) is 0 Å². The lowest BCUT2D eigenvalue weighted by atomic mass is 10.1. The van der Waals surface area contributed by atoms with Crippen LogP contribution in [0.1, 0.15) is 22.3 Å². The highest BCUT2D eigenvalue weighted by Crippen LogP contribution is 2.16. The normalized spacial score (nSPS) is 12.2. The first-order chi connectivity index (χ1) is 16.8. The van der Waals surface area contributed by atoms with Gasteiger partial charge in [-0.3, -0.25) is 9.97 Å². The quantitative estimate of drug-likeness (QED) is 0.251. The van der Waals surface area contributed by atoms with Crippen LogP contribution in [0, 0.1) is 0 Å². The lowest BCUT2D eigenvalue weighted by Gasteiger charge is -1.98. The minimum Gasteiger partial charge on any atom is -0.256 e. The van der Waals surface area contributed by atoms with Gasteiger partial charge in [0.2, 0.25) is 0 Å². The molecule has 2 aromatic heterocycles. The molecule has 0 aliphatic heterocycles. The fourth-order valence-electron chi connectivity index (χ4n) is 3.76. The van der Waals surface area contributed by atoms with E-state index in [2.05, 4.69) is 131 Å². The molecule has 5 rings (SSSR count). The predicted molar refractivity (Wildman–Crippen MR) is 146 cm³/mol. The third-order valence-corrected chi connectivity index (χ3v) is 5.57. The van der Waals surface area contributed by atoms with Crippen LogP contribution in [0.3, 0.4) is 0 Å². The van der Waals surface area contributed by atoms with Crippen molar-refractivity contribution < 1.29 is 0 Å². The van der Waals surface area contributed by atoms with E-state index in [0.717, 1.165) is 32.9 Å². The Morgan fingerprint density at radius 1 is 0.412 bits per heavy atom. The van der Waals surface area contributed by atoms with Crippen LogP contribution in [-0.4, -0.2) is 9.97 Å². The molecule has 0 saturated carbocycles. The molecule has 2 nitrogen and oxygen atoms in total. The summed E-state index contributed by atoms with van der Waals surface area (Å²) in [6, 6.07) is 29.2. The number of fused-ring (bicyclic) bond motifs is 2. The fraction of sp³-hybridized carbons (Fsp3) is 0. The molecule has 162 valence electrons. The molecule has 34 heavy (non-hydrogen) atoms. The number of rotatable bonds is 6. The summed E-state index contributed by atoms with van der Waals surface area (Å²) in [5.74, 6) is 0. The van der Waals surface area contributed by atoms with Crippen LogP contribution in [-0.2, 0) is 0 Å². The summed E-state index contributed by atoms with van der Waals surface area (Å²) >= 11 is 0. The summed E-state index contributed by atoms with van der Waals surface area (Å²) < 4.78 is 0. The summed E-state index contributed by atoms with van der Waals surface area (Å²) in [7, 11) is 0. The second-order valence-electron chi connectivity index (χ2n) is 8.01. The Labute approximate surface area is 200 Å². The number of hydrogen-bond donors (Lipinski definition) is 0. The largest absolute Gasteiger partial charge is 0.256 e. The first kappa shape index (κ1) is 21.3. The van der Waals surface area contributed by atoms with Gasteiger partial charge in [0.25, 0.3) is 0 Å². The van der Waals surface area contributed by atoms with Gasteiger partial charge < -0.3 is 0 Å². The van der Waals surface area contributed by atoms with Crippen LogP contribution in [0.4, 0.5) is 0 Å². The topological polar surface area (TPSA) is 25.8 Å². The van der Waals surface area contributed by atoms with Gasteiger partial charge in [-0.2, -0.15) is 0 Å². The molecule has 0 atom stereocenters. The monoisotopic (exact) mass is 436 g/mol. The molecule has 2 heterocycles. The van der Waals surface area contributed by atoms with E-state index in [-0.39, 0.29) is 0 Å². The lowest BCUT2D eigenvalue weighted by Crippen LogP contribution is -1.78. The number of allylic oxidation sites excluding steroid dienone is 4. The van der Waals surface area contributed by atoms with Crippen molar-refractivity contribution in [3.63, 3.8) is 0 Å².